The molecule has 4 aromatic rings. The van der Waals surface area contributed by atoms with Gasteiger partial charge in [-0.1, -0.05) is 55.4 Å². The van der Waals surface area contributed by atoms with E-state index in [9.17, 15) is 9.59 Å². The maximum Gasteiger partial charge on any atom is 0.295 e. The van der Waals surface area contributed by atoms with Gasteiger partial charge in [-0.15, -0.1) is 5.10 Å². The normalized spacial score (nSPS) is 11.0. The molecule has 0 saturated carbocycles. The fourth-order valence-corrected chi connectivity index (χ4v) is 4.32. The highest BCUT2D eigenvalue weighted by molar-refractivity contribution is 7.99. The molecule has 0 spiro atoms. The Balaban J connectivity index is 1.44. The summed E-state index contributed by atoms with van der Waals surface area (Å²) in [5.74, 6) is -0.242. The highest BCUT2D eigenvalue weighted by Crippen LogP contribution is 2.20. The number of unbranched alkanes of at least 4 members (excludes halogenated alkanes) is 1. The second-order valence-corrected chi connectivity index (χ2v) is 8.86. The Morgan fingerprint density at radius 1 is 1.06 bits per heavy atom. The van der Waals surface area contributed by atoms with Crippen molar-refractivity contribution in [3.63, 3.8) is 0 Å². The molecule has 1 amide bonds. The molecule has 2 aromatic carbocycles. The number of aryl methyl sites for hydroxylation is 1. The van der Waals surface area contributed by atoms with E-state index < -0.39 is 0 Å². The van der Waals surface area contributed by atoms with Crippen LogP contribution < -0.4 is 10.9 Å². The lowest BCUT2D eigenvalue weighted by Gasteiger charge is -2.07. The molecule has 2 heterocycles. The smallest absolute Gasteiger partial charge is 0.295 e. The molecule has 0 atom stereocenters. The largest absolute Gasteiger partial charge is 0.319 e. The lowest BCUT2D eigenvalue weighted by Crippen LogP contribution is -2.23. The lowest BCUT2D eigenvalue weighted by atomic mass is 10.1. The third-order valence-electron chi connectivity index (χ3n) is 5.59. The van der Waals surface area contributed by atoms with E-state index in [4.69, 9.17) is 0 Å². The van der Waals surface area contributed by atoms with Crippen LogP contribution in [0.4, 0.5) is 5.69 Å². The van der Waals surface area contributed by atoms with Crippen LogP contribution in [0.1, 0.15) is 31.0 Å². The number of benzene rings is 2. The van der Waals surface area contributed by atoms with E-state index in [-0.39, 0.29) is 22.9 Å². The van der Waals surface area contributed by atoms with E-state index in [1.54, 1.807) is 23.3 Å². The van der Waals surface area contributed by atoms with Crippen molar-refractivity contribution >= 4 is 23.4 Å². The van der Waals surface area contributed by atoms with E-state index in [1.165, 1.54) is 22.0 Å². The third-order valence-corrected chi connectivity index (χ3v) is 6.51. The molecule has 0 unspecified atom stereocenters. The minimum Gasteiger partial charge on any atom is -0.319 e. The Kier molecular flexibility index (Phi) is 7.27. The van der Waals surface area contributed by atoms with Gasteiger partial charge in [-0.2, -0.15) is 4.68 Å². The van der Waals surface area contributed by atoms with Crippen LogP contribution in [-0.4, -0.2) is 41.2 Å². The number of hydrogen-bond donors (Lipinski definition) is 1. The van der Waals surface area contributed by atoms with Crippen LogP contribution in [0.15, 0.2) is 64.5 Å². The molecular weight excluding hydrogens is 450 g/mol. The summed E-state index contributed by atoms with van der Waals surface area (Å²) in [6, 6.07) is 17.4. The van der Waals surface area contributed by atoms with Crippen molar-refractivity contribution in [2.45, 2.75) is 38.3 Å². The Bertz CT molecular complexity index is 1320. The quantitative estimate of drug-likeness (QED) is 0.370. The third kappa shape index (κ3) is 4.96. The summed E-state index contributed by atoms with van der Waals surface area (Å²) in [5, 5.41) is 15.1. The number of carbonyl (C=O) groups is 1. The van der Waals surface area contributed by atoms with Gasteiger partial charge in [0.25, 0.3) is 5.56 Å². The molecule has 0 bridgehead atoms. The zero-order valence-electron chi connectivity index (χ0n) is 19.4. The van der Waals surface area contributed by atoms with Crippen LogP contribution in [0.2, 0.25) is 0 Å². The van der Waals surface area contributed by atoms with Crippen molar-refractivity contribution in [1.29, 1.82) is 0 Å². The molecule has 4 rings (SSSR count). The first-order chi connectivity index (χ1) is 16.5. The number of thioether (sulfide) groups is 1. The number of tetrazole rings is 1. The molecule has 0 saturated heterocycles. The minimum absolute atomic E-state index is 0.0636. The van der Waals surface area contributed by atoms with E-state index >= 15 is 0 Å². The molecule has 0 radical (unpaired) electrons. The standard InChI is InChI=1S/C24H27N7O2S/c1-4-5-9-18-12-14-19(15-13-18)30-24(26-27-28-30)34-16-21(32)25-22-17(2)29(3)31(23(22)33)20-10-7-6-8-11-20/h6-8,10-15H,4-5,9,16H2,1-3H3,(H,25,32). The number of nitrogens with zero attached hydrogens (tertiary/aromatic N) is 6. The van der Waals surface area contributed by atoms with Gasteiger partial charge in [0.2, 0.25) is 11.1 Å². The number of anilines is 1. The van der Waals surface area contributed by atoms with E-state index in [2.05, 4.69) is 39.9 Å². The molecule has 10 heteroatoms. The zero-order valence-corrected chi connectivity index (χ0v) is 20.2. The SMILES string of the molecule is CCCCc1ccc(-n2nnnc2SCC(=O)Nc2c(C)n(C)n(-c3ccccc3)c2=O)cc1. The highest BCUT2D eigenvalue weighted by atomic mass is 32.2. The molecule has 0 aliphatic rings. The molecule has 0 aliphatic heterocycles. The Labute approximate surface area is 201 Å². The number of amides is 1. The summed E-state index contributed by atoms with van der Waals surface area (Å²) < 4.78 is 4.87. The molecule has 34 heavy (non-hydrogen) atoms. The van der Waals surface area contributed by atoms with Crippen LogP contribution in [0.5, 0.6) is 0 Å². The molecule has 2 aromatic heterocycles. The molecule has 0 fully saturated rings. The number of nitrogens with one attached hydrogen (secondary N) is 1. The average molecular weight is 478 g/mol. The first-order valence-electron chi connectivity index (χ1n) is 11.1. The van der Waals surface area contributed by atoms with Crippen molar-refractivity contribution in [2.75, 3.05) is 11.1 Å². The van der Waals surface area contributed by atoms with Gasteiger partial charge in [0, 0.05) is 7.05 Å². The topological polar surface area (TPSA) is 99.6 Å². The number of aromatic nitrogens is 6. The Hall–Kier alpha value is -3.66. The molecule has 9 nitrogen and oxygen atoms in total. The van der Waals surface area contributed by atoms with Crippen LogP contribution >= 0.6 is 11.8 Å². The maximum absolute atomic E-state index is 13.0. The van der Waals surface area contributed by atoms with E-state index in [0.29, 0.717) is 10.9 Å². The van der Waals surface area contributed by atoms with Gasteiger partial charge in [-0.3, -0.25) is 14.3 Å². The number of para-hydroxylation sites is 1. The Morgan fingerprint density at radius 3 is 2.50 bits per heavy atom. The molecule has 176 valence electrons. The molecule has 1 N–H and O–H groups in total. The van der Waals surface area contributed by atoms with Gasteiger partial charge in [0.15, 0.2) is 0 Å². The summed E-state index contributed by atoms with van der Waals surface area (Å²) in [4.78, 5) is 25.7. The van der Waals surface area contributed by atoms with Crippen molar-refractivity contribution in [2.24, 2.45) is 7.05 Å². The van der Waals surface area contributed by atoms with Crippen LogP contribution in [0.3, 0.4) is 0 Å². The fourth-order valence-electron chi connectivity index (χ4n) is 3.63. The van der Waals surface area contributed by atoms with Gasteiger partial charge in [0.05, 0.1) is 22.8 Å². The fraction of sp³-hybridized carbons (Fsp3) is 0.292. The Morgan fingerprint density at radius 2 is 1.79 bits per heavy atom. The monoisotopic (exact) mass is 477 g/mol. The lowest BCUT2D eigenvalue weighted by molar-refractivity contribution is -0.113. The summed E-state index contributed by atoms with van der Waals surface area (Å²) in [5.41, 5.74) is 3.48. The van der Waals surface area contributed by atoms with Gasteiger partial charge in [0.1, 0.15) is 5.69 Å². The second kappa shape index (κ2) is 10.5. The van der Waals surface area contributed by atoms with Crippen molar-refractivity contribution < 1.29 is 4.79 Å². The van der Waals surface area contributed by atoms with E-state index in [1.807, 2.05) is 42.5 Å². The van der Waals surface area contributed by atoms with Crippen molar-refractivity contribution in [1.82, 2.24) is 29.6 Å². The van der Waals surface area contributed by atoms with Crippen molar-refractivity contribution in [3.05, 3.63) is 76.2 Å². The summed E-state index contributed by atoms with van der Waals surface area (Å²) in [6.07, 6.45) is 3.34. The van der Waals surface area contributed by atoms with Gasteiger partial charge in [-0.25, -0.2) is 4.68 Å². The number of carbonyl (C=O) groups excluding carboxylic acids is 1. The molecule has 0 aliphatic carbocycles. The summed E-state index contributed by atoms with van der Waals surface area (Å²) in [7, 11) is 1.79. The predicted molar refractivity (Wildman–Crippen MR) is 133 cm³/mol. The zero-order chi connectivity index (χ0) is 24.1. The number of rotatable bonds is 9. The van der Waals surface area contributed by atoms with Crippen LogP contribution in [0.25, 0.3) is 11.4 Å². The van der Waals surface area contributed by atoms with Gasteiger partial charge >= 0.3 is 0 Å². The summed E-state index contributed by atoms with van der Waals surface area (Å²) >= 11 is 1.21. The van der Waals surface area contributed by atoms with Crippen molar-refractivity contribution in [3.8, 4) is 11.4 Å². The molecular formula is C24H27N7O2S. The average Bonchev–Trinajstić information content (AvgIpc) is 3.41. The van der Waals surface area contributed by atoms with Crippen LogP contribution in [-0.2, 0) is 18.3 Å². The first kappa shape index (κ1) is 23.5. The van der Waals surface area contributed by atoms with Crippen LogP contribution in [0, 0.1) is 6.92 Å². The minimum atomic E-state index is -0.305. The van der Waals surface area contributed by atoms with Gasteiger partial charge < -0.3 is 5.32 Å². The first-order valence-corrected chi connectivity index (χ1v) is 12.1. The van der Waals surface area contributed by atoms with E-state index in [0.717, 1.165) is 30.6 Å². The predicted octanol–water partition coefficient (Wildman–Crippen LogP) is 3.53. The summed E-state index contributed by atoms with van der Waals surface area (Å²) in [6.45, 7) is 3.97. The second-order valence-electron chi connectivity index (χ2n) is 7.92. The number of hydrogen-bond acceptors (Lipinski definition) is 6. The maximum atomic E-state index is 13.0. The van der Waals surface area contributed by atoms with Gasteiger partial charge in [-0.05, 0) is 60.0 Å². The highest BCUT2D eigenvalue weighted by Gasteiger charge is 2.19.